The second-order valence-electron chi connectivity index (χ2n) is 7.10. The van der Waals surface area contributed by atoms with Crippen molar-refractivity contribution in [2.24, 2.45) is 0 Å². The monoisotopic (exact) mass is 437 g/mol. The van der Waals surface area contributed by atoms with E-state index < -0.39 is 10.0 Å². The van der Waals surface area contributed by atoms with Gasteiger partial charge in [-0.1, -0.05) is 11.6 Å². The summed E-state index contributed by atoms with van der Waals surface area (Å²) in [7, 11) is -2.25. The molecule has 0 radical (unpaired) electrons. The Labute approximate surface area is 176 Å². The minimum atomic E-state index is -3.70. The van der Waals surface area contributed by atoms with Crippen LogP contribution in [0.1, 0.15) is 12.8 Å². The topological polar surface area (TPSA) is 78.9 Å². The number of nitrogens with zero attached hydrogens (tertiary/aromatic N) is 5. The summed E-state index contributed by atoms with van der Waals surface area (Å²) in [4.78, 5) is 13.5. The van der Waals surface area contributed by atoms with Crippen molar-refractivity contribution in [3.8, 4) is 5.75 Å². The fourth-order valence-electron chi connectivity index (χ4n) is 3.73. The molecule has 10 heteroatoms. The average molecular weight is 438 g/mol. The molecule has 0 spiro atoms. The molecule has 4 rings (SSSR count). The quantitative estimate of drug-likeness (QED) is 0.709. The molecule has 0 amide bonds. The minimum absolute atomic E-state index is 0.0966. The Morgan fingerprint density at radius 1 is 1.00 bits per heavy atom. The summed E-state index contributed by atoms with van der Waals surface area (Å²) in [5.74, 6) is 1.88. The van der Waals surface area contributed by atoms with Crippen molar-refractivity contribution in [1.29, 1.82) is 0 Å². The molecule has 0 saturated carbocycles. The first-order chi connectivity index (χ1) is 14.0. The van der Waals surface area contributed by atoms with Crippen LogP contribution in [-0.4, -0.2) is 69.1 Å². The first kappa shape index (κ1) is 20.2. The molecule has 2 fully saturated rings. The minimum Gasteiger partial charge on any atom is -0.495 e. The number of benzene rings is 1. The zero-order valence-corrected chi connectivity index (χ0v) is 17.9. The first-order valence-electron chi connectivity index (χ1n) is 9.66. The molecule has 156 valence electrons. The van der Waals surface area contributed by atoms with Crippen LogP contribution in [0.3, 0.4) is 0 Å². The summed E-state index contributed by atoms with van der Waals surface area (Å²) < 4.78 is 33.0. The van der Waals surface area contributed by atoms with Gasteiger partial charge in [-0.25, -0.2) is 13.4 Å². The van der Waals surface area contributed by atoms with E-state index in [-0.39, 0.29) is 4.90 Å². The van der Waals surface area contributed by atoms with E-state index in [1.165, 1.54) is 17.5 Å². The number of halogens is 1. The molecule has 0 aliphatic carbocycles. The van der Waals surface area contributed by atoms with Crippen LogP contribution in [0.25, 0.3) is 0 Å². The third-order valence-electron chi connectivity index (χ3n) is 5.32. The Morgan fingerprint density at radius 3 is 2.41 bits per heavy atom. The molecule has 1 aromatic carbocycles. The highest BCUT2D eigenvalue weighted by molar-refractivity contribution is 7.89. The second-order valence-corrected chi connectivity index (χ2v) is 9.44. The highest BCUT2D eigenvalue weighted by Crippen LogP contribution is 2.30. The van der Waals surface area contributed by atoms with Gasteiger partial charge in [-0.3, -0.25) is 0 Å². The van der Waals surface area contributed by atoms with E-state index in [9.17, 15) is 8.42 Å². The van der Waals surface area contributed by atoms with Gasteiger partial charge in [0.1, 0.15) is 16.5 Å². The molecule has 29 heavy (non-hydrogen) atoms. The van der Waals surface area contributed by atoms with E-state index in [1.54, 1.807) is 18.3 Å². The van der Waals surface area contributed by atoms with Crippen LogP contribution in [0.2, 0.25) is 5.02 Å². The number of rotatable bonds is 5. The number of anilines is 2. The molecule has 0 atom stereocenters. The summed E-state index contributed by atoms with van der Waals surface area (Å²) in [5.41, 5.74) is 0. The van der Waals surface area contributed by atoms with Gasteiger partial charge in [-0.2, -0.15) is 9.29 Å². The number of piperazine rings is 1. The third-order valence-corrected chi connectivity index (χ3v) is 7.48. The van der Waals surface area contributed by atoms with Crippen LogP contribution in [-0.2, 0) is 10.0 Å². The van der Waals surface area contributed by atoms with E-state index >= 15 is 0 Å². The lowest BCUT2D eigenvalue weighted by molar-refractivity contribution is 0.373. The molecule has 2 aliphatic rings. The van der Waals surface area contributed by atoms with Crippen LogP contribution < -0.4 is 14.5 Å². The van der Waals surface area contributed by atoms with Crippen LogP contribution in [0, 0.1) is 0 Å². The highest BCUT2D eigenvalue weighted by Gasteiger charge is 2.31. The van der Waals surface area contributed by atoms with E-state index in [1.807, 2.05) is 6.07 Å². The van der Waals surface area contributed by atoms with E-state index in [0.717, 1.165) is 37.7 Å². The summed E-state index contributed by atoms with van der Waals surface area (Å²) in [6.45, 7) is 3.80. The van der Waals surface area contributed by atoms with Crippen molar-refractivity contribution in [2.45, 2.75) is 17.7 Å². The molecule has 0 N–H and O–H groups in total. The summed E-state index contributed by atoms with van der Waals surface area (Å²) in [6, 6.07) is 6.51. The Kier molecular flexibility index (Phi) is 5.80. The normalized spacial score (nSPS) is 18.3. The molecule has 2 aliphatic heterocycles. The zero-order chi connectivity index (χ0) is 20.4. The summed E-state index contributed by atoms with van der Waals surface area (Å²) in [5, 5.41) is 0.360. The summed E-state index contributed by atoms with van der Waals surface area (Å²) >= 11 is 6.03. The van der Waals surface area contributed by atoms with Crippen LogP contribution in [0.15, 0.2) is 35.4 Å². The maximum Gasteiger partial charge on any atom is 0.246 e. The van der Waals surface area contributed by atoms with Gasteiger partial charge < -0.3 is 14.5 Å². The Balaban J connectivity index is 1.48. The number of ether oxygens (including phenoxy) is 1. The van der Waals surface area contributed by atoms with Crippen molar-refractivity contribution >= 4 is 33.4 Å². The maximum absolute atomic E-state index is 13.1. The van der Waals surface area contributed by atoms with Gasteiger partial charge in [0.15, 0.2) is 0 Å². The van der Waals surface area contributed by atoms with Crippen molar-refractivity contribution in [3.63, 3.8) is 0 Å². The second kappa shape index (κ2) is 8.33. The summed E-state index contributed by atoms with van der Waals surface area (Å²) in [6.07, 6.45) is 4.10. The molecule has 2 saturated heterocycles. The predicted molar refractivity (Wildman–Crippen MR) is 112 cm³/mol. The third kappa shape index (κ3) is 4.12. The Bertz CT molecular complexity index is 974. The lowest BCUT2D eigenvalue weighted by Crippen LogP contribution is -2.49. The van der Waals surface area contributed by atoms with Gasteiger partial charge in [0, 0.05) is 50.5 Å². The van der Waals surface area contributed by atoms with Gasteiger partial charge in [0.05, 0.1) is 7.11 Å². The zero-order valence-electron chi connectivity index (χ0n) is 16.3. The van der Waals surface area contributed by atoms with Crippen LogP contribution in [0.5, 0.6) is 5.75 Å². The number of aromatic nitrogens is 2. The number of hydrogen-bond donors (Lipinski definition) is 0. The molecule has 3 heterocycles. The Hall–Kier alpha value is -2.10. The molecular weight excluding hydrogens is 414 g/mol. The number of sulfonamides is 1. The average Bonchev–Trinajstić information content (AvgIpc) is 3.29. The molecule has 1 aromatic heterocycles. The molecule has 2 aromatic rings. The lowest BCUT2D eigenvalue weighted by Gasteiger charge is -2.35. The number of methoxy groups -OCH3 is 1. The van der Waals surface area contributed by atoms with Gasteiger partial charge in [0.2, 0.25) is 16.0 Å². The highest BCUT2D eigenvalue weighted by atomic mass is 35.5. The lowest BCUT2D eigenvalue weighted by atomic mass is 10.3. The van der Waals surface area contributed by atoms with E-state index in [0.29, 0.717) is 37.0 Å². The van der Waals surface area contributed by atoms with Crippen molar-refractivity contribution < 1.29 is 13.2 Å². The molecule has 0 bridgehead atoms. The van der Waals surface area contributed by atoms with E-state index in [4.69, 9.17) is 21.3 Å². The predicted octanol–water partition coefficient (Wildman–Crippen LogP) is 2.25. The van der Waals surface area contributed by atoms with Gasteiger partial charge in [-0.15, -0.1) is 0 Å². The van der Waals surface area contributed by atoms with Crippen LogP contribution >= 0.6 is 11.6 Å². The Morgan fingerprint density at radius 2 is 1.72 bits per heavy atom. The number of hydrogen-bond acceptors (Lipinski definition) is 7. The molecular formula is C19H24ClN5O3S. The fourth-order valence-corrected chi connectivity index (χ4v) is 5.57. The van der Waals surface area contributed by atoms with Crippen molar-refractivity contribution in [2.75, 3.05) is 56.2 Å². The molecule has 8 nitrogen and oxygen atoms in total. The van der Waals surface area contributed by atoms with Crippen molar-refractivity contribution in [3.05, 3.63) is 35.5 Å². The standard InChI is InChI=1S/C19H24ClN5O3S/c1-28-16-5-4-15(20)14-17(16)29(26,27)25-12-10-23(11-13-25)18-6-7-21-19(22-18)24-8-2-3-9-24/h4-7,14H,2-3,8-13H2,1H3. The first-order valence-corrected chi connectivity index (χ1v) is 11.5. The van der Waals surface area contributed by atoms with Gasteiger partial charge in [0.25, 0.3) is 0 Å². The van der Waals surface area contributed by atoms with Gasteiger partial charge >= 0.3 is 0 Å². The van der Waals surface area contributed by atoms with Crippen molar-refractivity contribution in [1.82, 2.24) is 14.3 Å². The smallest absolute Gasteiger partial charge is 0.246 e. The van der Waals surface area contributed by atoms with Gasteiger partial charge in [-0.05, 0) is 37.1 Å². The largest absolute Gasteiger partial charge is 0.495 e. The molecule has 0 unspecified atom stereocenters. The fraction of sp³-hybridized carbons (Fsp3) is 0.474. The van der Waals surface area contributed by atoms with E-state index in [2.05, 4.69) is 14.8 Å². The SMILES string of the molecule is COc1ccc(Cl)cc1S(=O)(=O)N1CCN(c2ccnc(N3CCCC3)n2)CC1. The maximum atomic E-state index is 13.1. The van der Waals surface area contributed by atoms with Crippen LogP contribution in [0.4, 0.5) is 11.8 Å².